The molecule has 0 unspecified atom stereocenters. The van der Waals surface area contributed by atoms with Gasteiger partial charge in [-0.05, 0) is 71.5 Å². The number of benzene rings is 4. The van der Waals surface area contributed by atoms with Gasteiger partial charge in [0.25, 0.3) is 5.56 Å². The van der Waals surface area contributed by atoms with Crippen LogP contribution in [-0.2, 0) is 6.42 Å². The first-order valence-corrected chi connectivity index (χ1v) is 16.0. The summed E-state index contributed by atoms with van der Waals surface area (Å²) in [6.45, 7) is 0. The zero-order valence-corrected chi connectivity index (χ0v) is 26.5. The molecule has 7 nitrogen and oxygen atoms in total. The Hall–Kier alpha value is -5.34. The highest BCUT2D eigenvalue weighted by Crippen LogP contribution is 2.43. The van der Waals surface area contributed by atoms with Crippen LogP contribution in [0.15, 0.2) is 106 Å². The number of hydrogen-bond acceptors (Lipinski definition) is 6. The second kappa shape index (κ2) is 11.2. The molecule has 0 saturated carbocycles. The third-order valence-electron chi connectivity index (χ3n) is 8.98. The summed E-state index contributed by atoms with van der Waals surface area (Å²) in [6, 6.07) is 30.2. The highest BCUT2D eigenvalue weighted by Gasteiger charge is 2.33. The number of rotatable bonds is 6. The van der Waals surface area contributed by atoms with Crippen molar-refractivity contribution in [2.24, 2.45) is 4.99 Å². The summed E-state index contributed by atoms with van der Waals surface area (Å²) in [6.07, 6.45) is 3.70. The fraction of sp³-hybridized carbons (Fsp3) is 0.158. The van der Waals surface area contributed by atoms with Gasteiger partial charge in [-0.3, -0.25) is 9.36 Å². The fourth-order valence-electron chi connectivity index (χ4n) is 6.78. The van der Waals surface area contributed by atoms with Crippen LogP contribution in [0, 0.1) is 0 Å². The van der Waals surface area contributed by atoms with Gasteiger partial charge in [-0.1, -0.05) is 72.0 Å². The maximum atomic E-state index is 14.6. The predicted octanol–water partition coefficient (Wildman–Crippen LogP) is 6.49. The Bertz CT molecular complexity index is 2370. The SMILES string of the molecule is COc1ccc2[nH]c(-c3ccccc3)c(/C=c3/sc4n(c3=O)[C@@H](c3ccc(OC)c(OC)c3)C3=C(N=4)c4ccccc4CC3)c2c1. The molecule has 228 valence electrons. The molecule has 1 aliphatic heterocycles. The van der Waals surface area contributed by atoms with Gasteiger partial charge in [-0.15, -0.1) is 0 Å². The Labute approximate surface area is 269 Å². The summed E-state index contributed by atoms with van der Waals surface area (Å²) in [4.78, 5) is 24.1. The van der Waals surface area contributed by atoms with E-state index < -0.39 is 0 Å². The van der Waals surface area contributed by atoms with Gasteiger partial charge in [0.1, 0.15) is 5.75 Å². The molecule has 0 fully saturated rings. The topological polar surface area (TPSA) is 77.8 Å². The van der Waals surface area contributed by atoms with Crippen molar-refractivity contribution in [1.29, 1.82) is 0 Å². The van der Waals surface area contributed by atoms with E-state index in [0.29, 0.717) is 20.8 Å². The Balaban J connectivity index is 1.40. The first-order chi connectivity index (χ1) is 22.6. The van der Waals surface area contributed by atoms with Gasteiger partial charge in [0.2, 0.25) is 0 Å². The number of thiazole rings is 1. The monoisotopic (exact) mass is 625 g/mol. The van der Waals surface area contributed by atoms with Crippen LogP contribution in [0.2, 0.25) is 0 Å². The Morgan fingerprint density at radius 2 is 1.67 bits per heavy atom. The zero-order valence-electron chi connectivity index (χ0n) is 25.7. The first-order valence-electron chi connectivity index (χ1n) is 15.2. The number of aromatic nitrogens is 2. The number of nitrogens with one attached hydrogen (secondary N) is 1. The van der Waals surface area contributed by atoms with Crippen LogP contribution in [0.3, 0.4) is 0 Å². The van der Waals surface area contributed by atoms with Crippen molar-refractivity contribution < 1.29 is 14.2 Å². The molecule has 1 aliphatic carbocycles. The summed E-state index contributed by atoms with van der Waals surface area (Å²) in [7, 11) is 4.93. The van der Waals surface area contributed by atoms with Crippen LogP contribution in [0.1, 0.15) is 34.7 Å². The van der Waals surface area contributed by atoms with Crippen molar-refractivity contribution in [3.05, 3.63) is 139 Å². The summed E-state index contributed by atoms with van der Waals surface area (Å²) in [5, 5.41) is 0.980. The second-order valence-corrected chi connectivity index (χ2v) is 12.4. The van der Waals surface area contributed by atoms with Crippen LogP contribution in [0.5, 0.6) is 17.2 Å². The first kappa shape index (κ1) is 28.2. The Kier molecular flexibility index (Phi) is 6.87. The molecule has 8 heteroatoms. The standard InChI is InChI=1S/C38H31N3O4S/c1-43-25-15-17-30-28(20-25)29(34(39-30)23-10-5-4-6-11-23)21-33-37(42)41-36(24-14-18-31(44-2)32(19-24)45-3)27-16-13-22-9-7-8-12-26(22)35(27)40-38(41)46-33/h4-12,14-15,17-21,36,39H,13,16H2,1-3H3/b33-21+/t36-/m0/s1. The Morgan fingerprint density at radius 1 is 0.870 bits per heavy atom. The highest BCUT2D eigenvalue weighted by atomic mass is 32.1. The highest BCUT2D eigenvalue weighted by molar-refractivity contribution is 7.07. The van der Waals surface area contributed by atoms with E-state index >= 15 is 0 Å². The van der Waals surface area contributed by atoms with Crippen LogP contribution in [0.25, 0.3) is 33.9 Å². The molecule has 8 rings (SSSR count). The van der Waals surface area contributed by atoms with Gasteiger partial charge in [0.05, 0.1) is 43.3 Å². The lowest BCUT2D eigenvalue weighted by molar-refractivity contribution is 0.354. The van der Waals surface area contributed by atoms with Gasteiger partial charge in [-0.25, -0.2) is 4.99 Å². The van der Waals surface area contributed by atoms with Crippen molar-refractivity contribution in [2.45, 2.75) is 18.9 Å². The summed E-state index contributed by atoms with van der Waals surface area (Å²) >= 11 is 1.42. The molecule has 46 heavy (non-hydrogen) atoms. The molecule has 0 bridgehead atoms. The number of nitrogens with zero attached hydrogens (tertiary/aromatic N) is 2. The molecule has 4 aromatic carbocycles. The van der Waals surface area contributed by atoms with Crippen molar-refractivity contribution in [3.8, 4) is 28.5 Å². The molecule has 3 heterocycles. The summed E-state index contributed by atoms with van der Waals surface area (Å²) in [5.41, 5.74) is 9.24. The maximum absolute atomic E-state index is 14.6. The van der Waals surface area contributed by atoms with Gasteiger partial charge < -0.3 is 19.2 Å². The maximum Gasteiger partial charge on any atom is 0.271 e. The number of hydrogen-bond donors (Lipinski definition) is 1. The van der Waals surface area contributed by atoms with Crippen LogP contribution in [0.4, 0.5) is 0 Å². The minimum atomic E-state index is -0.335. The average Bonchev–Trinajstić information content (AvgIpc) is 3.63. The number of aryl methyl sites for hydroxylation is 1. The van der Waals surface area contributed by atoms with Crippen LogP contribution < -0.4 is 29.1 Å². The molecule has 2 aliphatic rings. The third kappa shape index (κ3) is 4.48. The predicted molar refractivity (Wildman–Crippen MR) is 183 cm³/mol. The molecule has 0 amide bonds. The smallest absolute Gasteiger partial charge is 0.271 e. The van der Waals surface area contributed by atoms with Gasteiger partial charge in [-0.2, -0.15) is 0 Å². The average molecular weight is 626 g/mol. The number of fused-ring (bicyclic) bond motifs is 4. The molecular weight excluding hydrogens is 595 g/mol. The normalized spacial score (nSPS) is 15.6. The van der Waals surface area contributed by atoms with E-state index in [-0.39, 0.29) is 11.6 Å². The van der Waals surface area contributed by atoms with E-state index in [4.69, 9.17) is 19.2 Å². The summed E-state index contributed by atoms with van der Waals surface area (Å²) in [5.74, 6) is 2.02. The molecular formula is C38H31N3O4S. The lowest BCUT2D eigenvalue weighted by Crippen LogP contribution is -2.38. The Morgan fingerprint density at radius 3 is 2.48 bits per heavy atom. The lowest BCUT2D eigenvalue weighted by atomic mass is 9.83. The number of aromatic amines is 1. The molecule has 2 aromatic heterocycles. The van der Waals surface area contributed by atoms with Gasteiger partial charge >= 0.3 is 0 Å². The van der Waals surface area contributed by atoms with E-state index in [0.717, 1.165) is 68.7 Å². The van der Waals surface area contributed by atoms with Crippen LogP contribution >= 0.6 is 11.3 Å². The van der Waals surface area contributed by atoms with Gasteiger partial charge in [0, 0.05) is 22.0 Å². The molecule has 0 spiro atoms. The molecule has 6 aromatic rings. The quantitative estimate of drug-likeness (QED) is 0.230. The zero-order chi connectivity index (χ0) is 31.4. The van der Waals surface area contributed by atoms with E-state index in [2.05, 4.69) is 41.4 Å². The van der Waals surface area contributed by atoms with E-state index in [1.54, 1.807) is 21.3 Å². The third-order valence-corrected chi connectivity index (χ3v) is 9.96. The van der Waals surface area contributed by atoms with Crippen molar-refractivity contribution >= 4 is 34.0 Å². The minimum absolute atomic E-state index is 0.0785. The van der Waals surface area contributed by atoms with Crippen LogP contribution in [-0.4, -0.2) is 30.9 Å². The van der Waals surface area contributed by atoms with Crippen molar-refractivity contribution in [2.75, 3.05) is 21.3 Å². The molecule has 0 radical (unpaired) electrons. The lowest BCUT2D eigenvalue weighted by Gasteiger charge is -2.31. The van der Waals surface area contributed by atoms with Crippen molar-refractivity contribution in [3.63, 3.8) is 0 Å². The number of methoxy groups -OCH3 is 3. The van der Waals surface area contributed by atoms with E-state index in [1.807, 2.05) is 65.2 Å². The van der Waals surface area contributed by atoms with Crippen molar-refractivity contribution in [1.82, 2.24) is 9.55 Å². The largest absolute Gasteiger partial charge is 0.497 e. The number of allylic oxidation sites excluding steroid dienone is 1. The van der Waals surface area contributed by atoms with E-state index in [9.17, 15) is 4.79 Å². The molecule has 1 N–H and O–H groups in total. The molecule has 1 atom stereocenters. The number of H-pyrrole nitrogens is 1. The minimum Gasteiger partial charge on any atom is -0.497 e. The molecule has 0 saturated heterocycles. The van der Waals surface area contributed by atoms with Gasteiger partial charge in [0.15, 0.2) is 16.3 Å². The second-order valence-electron chi connectivity index (χ2n) is 11.4. The number of ether oxygens (including phenoxy) is 3. The fourth-order valence-corrected chi connectivity index (χ4v) is 7.76. The van der Waals surface area contributed by atoms with E-state index in [1.165, 1.54) is 16.9 Å². The summed E-state index contributed by atoms with van der Waals surface area (Å²) < 4.78 is 19.3.